The lowest BCUT2D eigenvalue weighted by Crippen LogP contribution is -1.85. The third-order valence-electron chi connectivity index (χ3n) is 6.70. The van der Waals surface area contributed by atoms with Crippen molar-refractivity contribution in [2.75, 3.05) is 0 Å². The second-order valence-electron chi connectivity index (χ2n) is 8.73. The summed E-state index contributed by atoms with van der Waals surface area (Å²) in [7, 11) is 0. The summed E-state index contributed by atoms with van der Waals surface area (Å²) in [5.74, 6) is 0. The molecule has 1 aromatic heterocycles. The Kier molecular flexibility index (Phi) is 4.58. The molecule has 2 heteroatoms. The zero-order valence-electron chi connectivity index (χ0n) is 18.3. The van der Waals surface area contributed by atoms with Gasteiger partial charge in [-0.1, -0.05) is 94.8 Å². The molecule has 0 aliphatic carbocycles. The molecule has 0 radical (unpaired) electrons. The van der Waals surface area contributed by atoms with E-state index < -0.39 is 0 Å². The SMILES string of the molecule is Brc1cccc(-c2ccc(-c3cc4c5ccccc5sc4c4cc5ccccc5cc34)cc2)c1. The Hall–Kier alpha value is -3.46. The van der Waals surface area contributed by atoms with E-state index in [0.717, 1.165) is 4.47 Å². The average molecular weight is 515 g/mol. The van der Waals surface area contributed by atoms with E-state index in [1.54, 1.807) is 0 Å². The minimum Gasteiger partial charge on any atom is -0.135 e. The molecule has 7 rings (SSSR count). The Morgan fingerprint density at radius 1 is 0.471 bits per heavy atom. The maximum atomic E-state index is 3.60. The number of hydrogen-bond acceptors (Lipinski definition) is 1. The highest BCUT2D eigenvalue weighted by Crippen LogP contribution is 2.44. The van der Waals surface area contributed by atoms with Gasteiger partial charge in [-0.2, -0.15) is 0 Å². The van der Waals surface area contributed by atoms with Gasteiger partial charge in [0.2, 0.25) is 0 Å². The number of benzene rings is 6. The maximum absolute atomic E-state index is 3.60. The smallest absolute Gasteiger partial charge is 0.0434 e. The van der Waals surface area contributed by atoms with E-state index in [1.807, 2.05) is 11.3 Å². The van der Waals surface area contributed by atoms with Gasteiger partial charge in [-0.25, -0.2) is 0 Å². The van der Waals surface area contributed by atoms with Gasteiger partial charge in [-0.3, -0.25) is 0 Å². The summed E-state index contributed by atoms with van der Waals surface area (Å²) in [6.45, 7) is 0. The summed E-state index contributed by atoms with van der Waals surface area (Å²) < 4.78 is 3.81. The van der Waals surface area contributed by atoms with Crippen LogP contribution in [-0.4, -0.2) is 0 Å². The second-order valence-corrected chi connectivity index (χ2v) is 10.7. The lowest BCUT2D eigenvalue weighted by atomic mass is 9.92. The average Bonchev–Trinajstić information content (AvgIpc) is 3.26. The topological polar surface area (TPSA) is 0 Å². The highest BCUT2D eigenvalue weighted by molar-refractivity contribution is 9.10. The van der Waals surface area contributed by atoms with Gasteiger partial charge in [-0.05, 0) is 74.8 Å². The highest BCUT2D eigenvalue weighted by atomic mass is 79.9. The molecule has 0 aliphatic rings. The Morgan fingerprint density at radius 3 is 1.94 bits per heavy atom. The number of rotatable bonds is 2. The van der Waals surface area contributed by atoms with Gasteiger partial charge < -0.3 is 0 Å². The molecule has 0 saturated heterocycles. The Labute approximate surface area is 210 Å². The number of thiophene rings is 1. The van der Waals surface area contributed by atoms with Crippen LogP contribution in [0.3, 0.4) is 0 Å². The fraction of sp³-hybridized carbons (Fsp3) is 0. The van der Waals surface area contributed by atoms with Gasteiger partial charge in [0, 0.05) is 30.0 Å². The molecule has 0 aliphatic heterocycles. The van der Waals surface area contributed by atoms with E-state index in [2.05, 4.69) is 131 Å². The third kappa shape index (κ3) is 3.18. The van der Waals surface area contributed by atoms with Crippen molar-refractivity contribution in [2.24, 2.45) is 0 Å². The Balaban J connectivity index is 1.52. The molecule has 0 N–H and O–H groups in total. The molecule has 6 aromatic carbocycles. The molecule has 0 unspecified atom stereocenters. The summed E-state index contributed by atoms with van der Waals surface area (Å²) in [6, 6.07) is 42.1. The van der Waals surface area contributed by atoms with Gasteiger partial charge in [0.1, 0.15) is 0 Å². The molecule has 0 bridgehead atoms. The number of fused-ring (bicyclic) bond motifs is 6. The minimum atomic E-state index is 1.10. The Bertz CT molecular complexity index is 1860. The lowest BCUT2D eigenvalue weighted by molar-refractivity contribution is 1.59. The fourth-order valence-electron chi connectivity index (χ4n) is 5.03. The van der Waals surface area contributed by atoms with Gasteiger partial charge in [0.15, 0.2) is 0 Å². The van der Waals surface area contributed by atoms with Crippen LogP contribution in [0.15, 0.2) is 120 Å². The van der Waals surface area contributed by atoms with Crippen molar-refractivity contribution in [3.05, 3.63) is 120 Å². The summed E-state index contributed by atoms with van der Waals surface area (Å²) in [5, 5.41) is 7.90. The van der Waals surface area contributed by atoms with Crippen molar-refractivity contribution in [2.45, 2.75) is 0 Å². The zero-order valence-corrected chi connectivity index (χ0v) is 20.7. The summed E-state index contributed by atoms with van der Waals surface area (Å²) >= 11 is 5.50. The quantitative estimate of drug-likeness (QED) is 0.201. The van der Waals surface area contributed by atoms with E-state index in [-0.39, 0.29) is 0 Å². The third-order valence-corrected chi connectivity index (χ3v) is 8.41. The van der Waals surface area contributed by atoms with Crippen LogP contribution in [0, 0.1) is 0 Å². The van der Waals surface area contributed by atoms with E-state index in [1.165, 1.54) is 64.0 Å². The maximum Gasteiger partial charge on any atom is 0.0434 e. The normalized spacial score (nSPS) is 11.7. The zero-order chi connectivity index (χ0) is 22.6. The van der Waals surface area contributed by atoms with Crippen molar-refractivity contribution < 1.29 is 0 Å². The van der Waals surface area contributed by atoms with Crippen LogP contribution >= 0.6 is 27.3 Å². The molecular formula is C32H19BrS. The molecule has 0 spiro atoms. The highest BCUT2D eigenvalue weighted by Gasteiger charge is 2.14. The molecule has 160 valence electrons. The largest absolute Gasteiger partial charge is 0.135 e. The van der Waals surface area contributed by atoms with Crippen LogP contribution in [0.25, 0.3) is 64.0 Å². The van der Waals surface area contributed by atoms with Gasteiger partial charge in [0.25, 0.3) is 0 Å². The van der Waals surface area contributed by atoms with Crippen molar-refractivity contribution in [1.82, 2.24) is 0 Å². The first kappa shape index (κ1) is 20.0. The predicted molar refractivity (Wildman–Crippen MR) is 153 cm³/mol. The van der Waals surface area contributed by atoms with E-state index in [4.69, 9.17) is 0 Å². The molecule has 0 nitrogen and oxygen atoms in total. The van der Waals surface area contributed by atoms with Crippen LogP contribution in [0.5, 0.6) is 0 Å². The predicted octanol–water partition coefficient (Wildman–Crippen LogP) is 10.5. The molecular weight excluding hydrogens is 496 g/mol. The van der Waals surface area contributed by atoms with Crippen molar-refractivity contribution in [1.29, 1.82) is 0 Å². The van der Waals surface area contributed by atoms with Crippen molar-refractivity contribution in [3.63, 3.8) is 0 Å². The molecule has 0 fully saturated rings. The number of halogens is 1. The summed E-state index contributed by atoms with van der Waals surface area (Å²) in [4.78, 5) is 0. The van der Waals surface area contributed by atoms with Crippen LogP contribution in [0.4, 0.5) is 0 Å². The van der Waals surface area contributed by atoms with Crippen LogP contribution in [0.1, 0.15) is 0 Å². The minimum absolute atomic E-state index is 1.10. The second kappa shape index (κ2) is 7.80. The fourth-order valence-corrected chi connectivity index (χ4v) is 6.64. The first-order valence-electron chi connectivity index (χ1n) is 11.4. The van der Waals surface area contributed by atoms with E-state index in [9.17, 15) is 0 Å². The van der Waals surface area contributed by atoms with E-state index in [0.29, 0.717) is 0 Å². The van der Waals surface area contributed by atoms with Gasteiger partial charge >= 0.3 is 0 Å². The first-order valence-corrected chi connectivity index (χ1v) is 13.0. The van der Waals surface area contributed by atoms with Crippen molar-refractivity contribution >= 4 is 69.0 Å². The summed E-state index contributed by atoms with van der Waals surface area (Å²) in [6.07, 6.45) is 0. The first-order chi connectivity index (χ1) is 16.7. The van der Waals surface area contributed by atoms with Crippen LogP contribution in [-0.2, 0) is 0 Å². The standard InChI is InChI=1S/C32H19BrS/c33-25-9-5-8-22(16-25)20-12-14-21(15-13-20)27-19-30-26-10-3-4-11-31(26)34-32(30)29-18-24-7-2-1-6-23(24)17-28(27)29/h1-19H. The van der Waals surface area contributed by atoms with Crippen molar-refractivity contribution in [3.8, 4) is 22.3 Å². The van der Waals surface area contributed by atoms with E-state index >= 15 is 0 Å². The summed E-state index contributed by atoms with van der Waals surface area (Å²) in [5.41, 5.74) is 4.98. The molecule has 1 heterocycles. The van der Waals surface area contributed by atoms with Gasteiger partial charge in [0.05, 0.1) is 0 Å². The molecule has 0 atom stereocenters. The van der Waals surface area contributed by atoms with Gasteiger partial charge in [-0.15, -0.1) is 11.3 Å². The molecule has 0 amide bonds. The monoisotopic (exact) mass is 514 g/mol. The van der Waals surface area contributed by atoms with Crippen LogP contribution < -0.4 is 0 Å². The molecule has 7 aromatic rings. The van der Waals surface area contributed by atoms with Crippen LogP contribution in [0.2, 0.25) is 0 Å². The Morgan fingerprint density at radius 2 is 1.15 bits per heavy atom. The molecule has 34 heavy (non-hydrogen) atoms. The molecule has 0 saturated carbocycles. The lowest BCUT2D eigenvalue weighted by Gasteiger charge is -2.12. The number of hydrogen-bond donors (Lipinski definition) is 0.